The minimum Gasteiger partial charge on any atom is -0.494 e. The minimum atomic E-state index is -0.368. The predicted molar refractivity (Wildman–Crippen MR) is 55.1 cm³/mol. The molecule has 0 radical (unpaired) electrons. The van der Waals surface area contributed by atoms with Crippen LogP contribution in [0.4, 0.5) is 0 Å². The summed E-state index contributed by atoms with van der Waals surface area (Å²) in [7, 11) is 1.36. The Hall–Kier alpha value is -1.03. The average molecular weight is 214 g/mol. The van der Waals surface area contributed by atoms with Gasteiger partial charge < -0.3 is 14.6 Å². The SMILES string of the molecule is COC(=O)/C(C)=C1\CCC(CC(C)O)O1. The zero-order valence-corrected chi connectivity index (χ0v) is 9.45. The van der Waals surface area contributed by atoms with Gasteiger partial charge in [0.25, 0.3) is 0 Å². The van der Waals surface area contributed by atoms with E-state index in [0.29, 0.717) is 17.8 Å². The van der Waals surface area contributed by atoms with Gasteiger partial charge in [-0.25, -0.2) is 4.79 Å². The van der Waals surface area contributed by atoms with Crippen molar-refractivity contribution in [3.63, 3.8) is 0 Å². The third-order valence-electron chi connectivity index (χ3n) is 2.52. The molecule has 1 rings (SSSR count). The highest BCUT2D eigenvalue weighted by Crippen LogP contribution is 2.28. The lowest BCUT2D eigenvalue weighted by Gasteiger charge is -2.13. The van der Waals surface area contributed by atoms with Gasteiger partial charge in [0.2, 0.25) is 0 Å². The first kappa shape index (κ1) is 12.0. The normalized spacial score (nSPS) is 25.7. The Morgan fingerprint density at radius 3 is 2.93 bits per heavy atom. The molecule has 4 heteroatoms. The van der Waals surface area contributed by atoms with E-state index >= 15 is 0 Å². The van der Waals surface area contributed by atoms with Crippen LogP contribution < -0.4 is 0 Å². The van der Waals surface area contributed by atoms with E-state index in [4.69, 9.17) is 4.74 Å². The van der Waals surface area contributed by atoms with Gasteiger partial charge in [0.1, 0.15) is 11.9 Å². The highest BCUT2D eigenvalue weighted by Gasteiger charge is 2.25. The van der Waals surface area contributed by atoms with Gasteiger partial charge in [-0.3, -0.25) is 0 Å². The van der Waals surface area contributed by atoms with Gasteiger partial charge in [-0.15, -0.1) is 0 Å². The molecule has 1 fully saturated rings. The second-order valence-electron chi connectivity index (χ2n) is 3.90. The number of allylic oxidation sites excluding steroid dienone is 1. The van der Waals surface area contributed by atoms with E-state index in [0.717, 1.165) is 12.8 Å². The van der Waals surface area contributed by atoms with Crippen LogP contribution in [0.15, 0.2) is 11.3 Å². The Balaban J connectivity index is 2.58. The Bertz CT molecular complexity index is 268. The molecular formula is C11H18O4. The van der Waals surface area contributed by atoms with Crippen molar-refractivity contribution in [3.8, 4) is 0 Å². The lowest BCUT2D eigenvalue weighted by Crippen LogP contribution is -2.14. The van der Waals surface area contributed by atoms with Gasteiger partial charge in [0.15, 0.2) is 0 Å². The lowest BCUT2D eigenvalue weighted by molar-refractivity contribution is -0.136. The maximum Gasteiger partial charge on any atom is 0.336 e. The van der Waals surface area contributed by atoms with Crippen molar-refractivity contribution in [1.82, 2.24) is 0 Å². The van der Waals surface area contributed by atoms with Crippen LogP contribution in [0, 0.1) is 0 Å². The van der Waals surface area contributed by atoms with Crippen LogP contribution in [0.5, 0.6) is 0 Å². The van der Waals surface area contributed by atoms with Crippen molar-refractivity contribution in [3.05, 3.63) is 11.3 Å². The topological polar surface area (TPSA) is 55.8 Å². The van der Waals surface area contributed by atoms with Crippen LogP contribution in [-0.2, 0) is 14.3 Å². The zero-order chi connectivity index (χ0) is 11.4. The fraction of sp³-hybridized carbons (Fsp3) is 0.727. The largest absolute Gasteiger partial charge is 0.494 e. The molecule has 1 saturated heterocycles. The Morgan fingerprint density at radius 1 is 1.73 bits per heavy atom. The van der Waals surface area contributed by atoms with Crippen LogP contribution in [0.1, 0.15) is 33.1 Å². The second kappa shape index (κ2) is 5.16. The molecule has 1 heterocycles. The van der Waals surface area contributed by atoms with E-state index in [1.54, 1.807) is 13.8 Å². The fourth-order valence-electron chi connectivity index (χ4n) is 1.70. The Kier molecular flexibility index (Phi) is 4.15. The van der Waals surface area contributed by atoms with Crippen LogP contribution in [0.25, 0.3) is 0 Å². The summed E-state index contributed by atoms with van der Waals surface area (Å²) >= 11 is 0. The summed E-state index contributed by atoms with van der Waals surface area (Å²) in [4.78, 5) is 11.2. The number of ether oxygens (including phenoxy) is 2. The maximum absolute atomic E-state index is 11.2. The highest BCUT2D eigenvalue weighted by atomic mass is 16.5. The van der Waals surface area contributed by atoms with Crippen LogP contribution in [0.2, 0.25) is 0 Å². The molecule has 0 aromatic heterocycles. The number of esters is 1. The molecule has 0 spiro atoms. The van der Waals surface area contributed by atoms with Gasteiger partial charge in [0, 0.05) is 12.8 Å². The predicted octanol–water partition coefficient (Wildman–Crippen LogP) is 1.38. The molecule has 0 bridgehead atoms. The van der Waals surface area contributed by atoms with Crippen molar-refractivity contribution < 1.29 is 19.4 Å². The van der Waals surface area contributed by atoms with Gasteiger partial charge in [-0.1, -0.05) is 0 Å². The minimum absolute atomic E-state index is 0.0274. The molecule has 2 unspecified atom stereocenters. The molecule has 1 aliphatic heterocycles. The van der Waals surface area contributed by atoms with Crippen molar-refractivity contribution in [1.29, 1.82) is 0 Å². The first-order chi connectivity index (χ1) is 7.04. The zero-order valence-electron chi connectivity index (χ0n) is 9.45. The summed E-state index contributed by atoms with van der Waals surface area (Å²) in [5.74, 6) is 0.357. The van der Waals surface area contributed by atoms with E-state index in [1.807, 2.05) is 0 Å². The quantitative estimate of drug-likeness (QED) is 0.569. The number of carbonyl (C=O) groups excluding carboxylic acids is 1. The smallest absolute Gasteiger partial charge is 0.336 e. The fourth-order valence-corrected chi connectivity index (χ4v) is 1.70. The molecular weight excluding hydrogens is 196 g/mol. The number of hydrogen-bond acceptors (Lipinski definition) is 4. The van der Waals surface area contributed by atoms with Gasteiger partial charge in [-0.2, -0.15) is 0 Å². The summed E-state index contributed by atoms with van der Waals surface area (Å²) in [6.45, 7) is 3.43. The summed E-state index contributed by atoms with van der Waals surface area (Å²) < 4.78 is 10.2. The van der Waals surface area contributed by atoms with E-state index in [2.05, 4.69) is 4.74 Å². The summed E-state index contributed by atoms with van der Waals surface area (Å²) in [6, 6.07) is 0. The molecule has 0 amide bonds. The third kappa shape index (κ3) is 3.23. The van der Waals surface area contributed by atoms with Gasteiger partial charge in [0.05, 0.1) is 18.8 Å². The number of methoxy groups -OCH3 is 1. The number of aliphatic hydroxyl groups is 1. The molecule has 0 aromatic carbocycles. The number of aliphatic hydroxyl groups excluding tert-OH is 1. The Labute approximate surface area is 89.9 Å². The number of rotatable bonds is 3. The molecule has 1 N–H and O–H groups in total. The molecule has 0 saturated carbocycles. The molecule has 0 aromatic rings. The summed E-state index contributed by atoms with van der Waals surface area (Å²) in [5, 5.41) is 9.21. The number of carbonyl (C=O) groups is 1. The molecule has 0 aliphatic carbocycles. The van der Waals surface area contributed by atoms with E-state index in [-0.39, 0.29) is 18.2 Å². The Morgan fingerprint density at radius 2 is 2.40 bits per heavy atom. The van der Waals surface area contributed by atoms with Crippen LogP contribution >= 0.6 is 0 Å². The van der Waals surface area contributed by atoms with Crippen molar-refractivity contribution in [2.24, 2.45) is 0 Å². The van der Waals surface area contributed by atoms with Crippen LogP contribution in [-0.4, -0.2) is 30.4 Å². The molecule has 1 aliphatic rings. The highest BCUT2D eigenvalue weighted by molar-refractivity contribution is 5.88. The van der Waals surface area contributed by atoms with Gasteiger partial charge in [-0.05, 0) is 20.3 Å². The summed E-state index contributed by atoms with van der Waals surface area (Å²) in [6.07, 6.45) is 1.87. The first-order valence-corrected chi connectivity index (χ1v) is 5.17. The second-order valence-corrected chi connectivity index (χ2v) is 3.90. The standard InChI is InChI=1S/C11H18O4/c1-7(12)6-9-4-5-10(15-9)8(2)11(13)14-3/h7,9,12H,4-6H2,1-3H3/b10-8+. The van der Waals surface area contributed by atoms with E-state index in [9.17, 15) is 9.90 Å². The molecule has 2 atom stereocenters. The maximum atomic E-state index is 11.2. The third-order valence-corrected chi connectivity index (χ3v) is 2.52. The first-order valence-electron chi connectivity index (χ1n) is 5.17. The lowest BCUT2D eigenvalue weighted by atomic mass is 10.1. The van der Waals surface area contributed by atoms with Crippen molar-refractivity contribution >= 4 is 5.97 Å². The van der Waals surface area contributed by atoms with E-state index in [1.165, 1.54) is 7.11 Å². The average Bonchev–Trinajstić information content (AvgIpc) is 2.63. The van der Waals surface area contributed by atoms with Crippen molar-refractivity contribution in [2.75, 3.05) is 7.11 Å². The molecule has 86 valence electrons. The monoisotopic (exact) mass is 214 g/mol. The van der Waals surface area contributed by atoms with Crippen LogP contribution in [0.3, 0.4) is 0 Å². The summed E-state index contributed by atoms with van der Waals surface area (Å²) in [5.41, 5.74) is 0.533. The van der Waals surface area contributed by atoms with E-state index < -0.39 is 0 Å². The van der Waals surface area contributed by atoms with Crippen molar-refractivity contribution in [2.45, 2.75) is 45.3 Å². The molecule has 4 nitrogen and oxygen atoms in total. The van der Waals surface area contributed by atoms with Gasteiger partial charge >= 0.3 is 5.97 Å². The number of hydrogen-bond donors (Lipinski definition) is 1. The molecule has 15 heavy (non-hydrogen) atoms.